The summed E-state index contributed by atoms with van der Waals surface area (Å²) in [4.78, 5) is 0. The van der Waals surface area contributed by atoms with E-state index in [1.807, 2.05) is 6.07 Å². The van der Waals surface area contributed by atoms with Gasteiger partial charge in [0, 0.05) is 5.39 Å². The van der Waals surface area contributed by atoms with Crippen molar-refractivity contribution in [2.75, 3.05) is 26.4 Å². The summed E-state index contributed by atoms with van der Waals surface area (Å²) in [6.45, 7) is 4.17. The van der Waals surface area contributed by atoms with Gasteiger partial charge in [0.25, 0.3) is 0 Å². The number of fused-ring (bicyclic) bond motifs is 3. The first-order valence-corrected chi connectivity index (χ1v) is 6.91. The maximum absolute atomic E-state index is 6.04. The molecule has 3 heterocycles. The van der Waals surface area contributed by atoms with Crippen molar-refractivity contribution in [1.29, 1.82) is 0 Å². The molecule has 0 radical (unpaired) electrons. The highest BCUT2D eigenvalue weighted by atomic mass is 35.5. The first kappa shape index (κ1) is 13.8. The number of ether oxygens (including phenoxy) is 2. The molecule has 2 aliphatic heterocycles. The van der Waals surface area contributed by atoms with Crippen molar-refractivity contribution in [2.45, 2.75) is 18.7 Å². The molecule has 2 aromatic rings. The van der Waals surface area contributed by atoms with E-state index >= 15 is 0 Å². The minimum Gasteiger partial charge on any atom is -1.00 e. The van der Waals surface area contributed by atoms with Crippen molar-refractivity contribution in [3.8, 4) is 0 Å². The Hall–Kier alpha value is -1.14. The molecular formula is C14H18ClN3O2. The van der Waals surface area contributed by atoms with Crippen molar-refractivity contribution >= 4 is 10.9 Å². The average molecular weight is 296 g/mol. The van der Waals surface area contributed by atoms with Crippen molar-refractivity contribution in [3.63, 3.8) is 0 Å². The lowest BCUT2D eigenvalue weighted by atomic mass is 10.0. The van der Waals surface area contributed by atoms with Gasteiger partial charge in [-0.05, 0) is 6.07 Å². The molecule has 20 heavy (non-hydrogen) atoms. The van der Waals surface area contributed by atoms with Crippen molar-refractivity contribution in [3.05, 3.63) is 30.0 Å². The molecule has 0 spiro atoms. The summed E-state index contributed by atoms with van der Waals surface area (Å²) < 4.78 is 13.7. The van der Waals surface area contributed by atoms with E-state index in [4.69, 9.17) is 9.47 Å². The maximum atomic E-state index is 6.04. The zero-order chi connectivity index (χ0) is 12.7. The van der Waals surface area contributed by atoms with Crippen LogP contribution in [-0.4, -0.2) is 42.2 Å². The molecule has 0 aliphatic carbocycles. The van der Waals surface area contributed by atoms with Gasteiger partial charge in [-0.2, -0.15) is 5.10 Å². The normalized spacial score (nSPS) is 26.0. The van der Waals surface area contributed by atoms with Crippen molar-refractivity contribution in [2.24, 2.45) is 0 Å². The summed E-state index contributed by atoms with van der Waals surface area (Å²) in [5.74, 6) is 0. The first-order chi connectivity index (χ1) is 9.43. The maximum Gasteiger partial charge on any atom is 0.153 e. The molecule has 0 bridgehead atoms. The highest BCUT2D eigenvalue weighted by molar-refractivity contribution is 5.82. The number of nitrogens with zero attached hydrogens (tertiary/aromatic N) is 2. The number of benzene rings is 1. The van der Waals surface area contributed by atoms with Crippen LogP contribution in [0.25, 0.3) is 10.9 Å². The van der Waals surface area contributed by atoms with Crippen LogP contribution in [0.5, 0.6) is 0 Å². The molecule has 1 fully saturated rings. The van der Waals surface area contributed by atoms with Crippen molar-refractivity contribution < 1.29 is 27.2 Å². The SMILES string of the molecule is [Cl-].c1ccc2c3n(nc2c1)CCO[C@H]3[C@@H]1COCC[NH2+]1. The van der Waals surface area contributed by atoms with E-state index in [9.17, 15) is 0 Å². The molecule has 2 atom stereocenters. The zero-order valence-electron chi connectivity index (χ0n) is 11.2. The van der Waals surface area contributed by atoms with Crippen molar-refractivity contribution in [1.82, 2.24) is 9.78 Å². The van der Waals surface area contributed by atoms with Crippen LogP contribution in [-0.2, 0) is 16.0 Å². The molecule has 4 rings (SSSR count). The van der Waals surface area contributed by atoms with Gasteiger partial charge in [0.2, 0.25) is 0 Å². The summed E-state index contributed by atoms with van der Waals surface area (Å²) in [5.41, 5.74) is 2.28. The zero-order valence-corrected chi connectivity index (χ0v) is 11.9. The fourth-order valence-electron chi connectivity index (χ4n) is 3.11. The topological polar surface area (TPSA) is 52.9 Å². The second-order valence-corrected chi connectivity index (χ2v) is 5.18. The molecule has 2 aliphatic rings. The lowest BCUT2D eigenvalue weighted by Gasteiger charge is -2.31. The second-order valence-electron chi connectivity index (χ2n) is 5.18. The molecule has 0 unspecified atom stereocenters. The van der Waals surface area contributed by atoms with Gasteiger partial charge in [-0.15, -0.1) is 0 Å². The Labute approximate surface area is 123 Å². The van der Waals surface area contributed by atoms with Crippen LogP contribution >= 0.6 is 0 Å². The monoisotopic (exact) mass is 295 g/mol. The minimum atomic E-state index is 0. The highest BCUT2D eigenvalue weighted by Gasteiger charge is 2.35. The molecule has 6 heteroatoms. The molecule has 2 N–H and O–H groups in total. The third kappa shape index (κ3) is 2.20. The molecule has 1 aromatic heterocycles. The largest absolute Gasteiger partial charge is 1.00 e. The summed E-state index contributed by atoms with van der Waals surface area (Å²) >= 11 is 0. The van der Waals surface area contributed by atoms with E-state index in [-0.39, 0.29) is 18.5 Å². The van der Waals surface area contributed by atoms with E-state index in [0.717, 1.165) is 38.4 Å². The number of rotatable bonds is 1. The molecule has 1 saturated heterocycles. The standard InChI is InChI=1S/C14H17N3O2.ClH/c1-2-4-11-10(3-1)13-14(12-9-18-7-5-15-12)19-8-6-17(13)16-11;/h1-4,12,14-15H,5-9H2;1H/t12-,14-;/m0./s1. The number of aromatic nitrogens is 2. The number of hydrogen-bond acceptors (Lipinski definition) is 3. The molecule has 108 valence electrons. The summed E-state index contributed by atoms with van der Waals surface area (Å²) in [5, 5.41) is 8.23. The van der Waals surface area contributed by atoms with E-state index in [1.54, 1.807) is 0 Å². The third-order valence-corrected chi connectivity index (χ3v) is 3.99. The first-order valence-electron chi connectivity index (χ1n) is 6.91. The van der Waals surface area contributed by atoms with Crippen LogP contribution in [0, 0.1) is 0 Å². The fourth-order valence-corrected chi connectivity index (χ4v) is 3.11. The molecule has 5 nitrogen and oxygen atoms in total. The van der Waals surface area contributed by atoms with Crippen LogP contribution in [0.1, 0.15) is 11.8 Å². The smallest absolute Gasteiger partial charge is 0.153 e. The van der Waals surface area contributed by atoms with Gasteiger partial charge < -0.3 is 27.2 Å². The third-order valence-electron chi connectivity index (χ3n) is 3.99. The number of nitrogens with two attached hydrogens (primary N) is 1. The Morgan fingerprint density at radius 1 is 1.25 bits per heavy atom. The van der Waals surface area contributed by atoms with E-state index < -0.39 is 0 Å². The summed E-state index contributed by atoms with van der Waals surface area (Å²) in [6.07, 6.45) is 0.0847. The molecule has 1 aromatic carbocycles. The Morgan fingerprint density at radius 2 is 2.15 bits per heavy atom. The molecule has 0 saturated carbocycles. The summed E-state index contributed by atoms with van der Waals surface area (Å²) in [6, 6.07) is 8.65. The Morgan fingerprint density at radius 3 is 3.00 bits per heavy atom. The number of quaternary nitrogens is 1. The van der Waals surface area contributed by atoms with Crippen LogP contribution in [0.15, 0.2) is 24.3 Å². The van der Waals surface area contributed by atoms with Gasteiger partial charge in [-0.1, -0.05) is 18.2 Å². The van der Waals surface area contributed by atoms with Gasteiger partial charge >= 0.3 is 0 Å². The van der Waals surface area contributed by atoms with Gasteiger partial charge in [0.15, 0.2) is 6.10 Å². The van der Waals surface area contributed by atoms with E-state index in [1.165, 1.54) is 11.1 Å². The van der Waals surface area contributed by atoms with Gasteiger partial charge in [-0.3, -0.25) is 4.68 Å². The summed E-state index contributed by atoms with van der Waals surface area (Å²) in [7, 11) is 0. The van der Waals surface area contributed by atoms with Gasteiger partial charge in [-0.25, -0.2) is 0 Å². The number of morpholine rings is 1. The lowest BCUT2D eigenvalue weighted by Crippen LogP contribution is -3.00. The Balaban J connectivity index is 0.00000121. The van der Waals surface area contributed by atoms with Crippen LogP contribution in [0.4, 0.5) is 0 Å². The van der Waals surface area contributed by atoms with Crippen LogP contribution < -0.4 is 17.7 Å². The average Bonchev–Trinajstić information content (AvgIpc) is 2.86. The highest BCUT2D eigenvalue weighted by Crippen LogP contribution is 2.31. The Bertz CT molecular complexity index is 595. The van der Waals surface area contributed by atoms with E-state index in [0.29, 0.717) is 6.04 Å². The number of halogens is 1. The van der Waals surface area contributed by atoms with Crippen LogP contribution in [0.3, 0.4) is 0 Å². The van der Waals surface area contributed by atoms with E-state index in [2.05, 4.69) is 33.3 Å². The lowest BCUT2D eigenvalue weighted by molar-refractivity contribution is -0.713. The molecule has 0 amide bonds. The van der Waals surface area contributed by atoms with Gasteiger partial charge in [0.05, 0.1) is 37.5 Å². The van der Waals surface area contributed by atoms with Gasteiger partial charge in [0.1, 0.15) is 12.6 Å². The predicted molar refractivity (Wildman–Crippen MR) is 69.8 cm³/mol. The van der Waals surface area contributed by atoms with Crippen LogP contribution in [0.2, 0.25) is 0 Å². The minimum absolute atomic E-state index is 0. The fraction of sp³-hybridized carbons (Fsp3) is 0.500. The molecular weight excluding hydrogens is 278 g/mol. The quantitative estimate of drug-likeness (QED) is 0.613. The Kier molecular flexibility index (Phi) is 3.94. The second kappa shape index (κ2) is 5.69. The number of hydrogen-bond donors (Lipinski definition) is 1. The predicted octanol–water partition coefficient (Wildman–Crippen LogP) is -2.93.